The Morgan fingerprint density at radius 2 is 1.41 bits per heavy atom. The third-order valence-corrected chi connectivity index (χ3v) is 3.92. The quantitative estimate of drug-likeness (QED) is 0.775. The molecule has 0 aliphatic heterocycles. The number of Topliss-reactive ketones (excluding diaryl/α,β-unsaturated/α-hetero) is 1. The molecule has 0 saturated heterocycles. The molecule has 0 saturated carbocycles. The lowest BCUT2D eigenvalue weighted by molar-refractivity contribution is -0.120. The first-order valence-corrected chi connectivity index (χ1v) is 7.43. The molecule has 116 valence electrons. The molecule has 1 unspecified atom stereocenters. The molecule has 0 bridgehead atoms. The fourth-order valence-corrected chi connectivity index (χ4v) is 2.35. The molecule has 22 heavy (non-hydrogen) atoms. The summed E-state index contributed by atoms with van der Waals surface area (Å²) in [6.07, 6.45) is 1.29. The average Bonchev–Trinajstić information content (AvgIpc) is 2.59. The Bertz CT molecular complexity index is 600. The molecule has 0 fully saturated rings. The van der Waals surface area contributed by atoms with Gasteiger partial charge >= 0.3 is 0 Å². The van der Waals surface area contributed by atoms with E-state index in [1.807, 2.05) is 55.5 Å². The Hall–Kier alpha value is -2.29. The van der Waals surface area contributed by atoms with E-state index < -0.39 is 0 Å². The first kappa shape index (κ1) is 16.1. The molecule has 2 rings (SSSR count). The average molecular weight is 298 g/mol. The second kappa shape index (κ2) is 7.64. The van der Waals surface area contributed by atoms with Crippen molar-refractivity contribution in [2.45, 2.75) is 25.7 Å². The van der Waals surface area contributed by atoms with Crippen LogP contribution < -0.4 is 9.47 Å². The zero-order valence-corrected chi connectivity index (χ0v) is 13.3. The third-order valence-electron chi connectivity index (χ3n) is 3.92. The van der Waals surface area contributed by atoms with Crippen LogP contribution in [0.15, 0.2) is 48.5 Å². The summed E-state index contributed by atoms with van der Waals surface area (Å²) in [6, 6.07) is 15.5. The molecule has 0 N–H and O–H groups in total. The lowest BCUT2D eigenvalue weighted by atomic mass is 9.93. The molecule has 0 aromatic heterocycles. The number of benzene rings is 2. The van der Waals surface area contributed by atoms with Crippen LogP contribution in [0.5, 0.6) is 11.5 Å². The van der Waals surface area contributed by atoms with E-state index in [2.05, 4.69) is 0 Å². The van der Waals surface area contributed by atoms with Crippen molar-refractivity contribution >= 4 is 5.78 Å². The van der Waals surface area contributed by atoms with E-state index >= 15 is 0 Å². The molecule has 0 radical (unpaired) electrons. The van der Waals surface area contributed by atoms with Crippen LogP contribution in [0.4, 0.5) is 0 Å². The van der Waals surface area contributed by atoms with Gasteiger partial charge in [0, 0.05) is 12.3 Å². The maximum atomic E-state index is 12.3. The normalized spacial score (nSPS) is 11.8. The highest BCUT2D eigenvalue weighted by atomic mass is 16.5. The smallest absolute Gasteiger partial charge is 0.140 e. The number of ketones is 1. The minimum absolute atomic E-state index is 0.0934. The van der Waals surface area contributed by atoms with Crippen LogP contribution in [0.2, 0.25) is 0 Å². The van der Waals surface area contributed by atoms with Gasteiger partial charge in [-0.2, -0.15) is 0 Å². The minimum Gasteiger partial charge on any atom is -0.497 e. The lowest BCUT2D eigenvalue weighted by Crippen LogP contribution is -2.10. The molecule has 3 nitrogen and oxygen atoms in total. The Labute approximate surface area is 131 Å². The van der Waals surface area contributed by atoms with Gasteiger partial charge in [0.05, 0.1) is 14.2 Å². The summed E-state index contributed by atoms with van der Waals surface area (Å²) in [7, 11) is 3.29. The van der Waals surface area contributed by atoms with Gasteiger partial charge in [-0.3, -0.25) is 4.79 Å². The number of hydrogen-bond acceptors (Lipinski definition) is 3. The minimum atomic E-state index is -0.0934. The van der Waals surface area contributed by atoms with Crippen molar-refractivity contribution in [3.63, 3.8) is 0 Å². The van der Waals surface area contributed by atoms with Crippen LogP contribution in [0, 0.1) is 0 Å². The van der Waals surface area contributed by atoms with Crippen LogP contribution in [0.25, 0.3) is 0 Å². The largest absolute Gasteiger partial charge is 0.497 e. The fraction of sp³-hybridized carbons (Fsp3) is 0.316. The number of ether oxygens (including phenoxy) is 2. The van der Waals surface area contributed by atoms with Gasteiger partial charge in [-0.15, -0.1) is 0 Å². The number of aryl methyl sites for hydroxylation is 1. The molecule has 3 heteroatoms. The number of carbonyl (C=O) groups is 1. The zero-order valence-electron chi connectivity index (χ0n) is 13.3. The van der Waals surface area contributed by atoms with E-state index in [4.69, 9.17) is 9.47 Å². The van der Waals surface area contributed by atoms with E-state index in [-0.39, 0.29) is 11.7 Å². The van der Waals surface area contributed by atoms with Gasteiger partial charge < -0.3 is 9.47 Å². The summed E-state index contributed by atoms with van der Waals surface area (Å²) in [5, 5.41) is 0. The van der Waals surface area contributed by atoms with Gasteiger partial charge in [-0.1, -0.05) is 31.2 Å². The molecule has 0 aliphatic carbocycles. The van der Waals surface area contributed by atoms with Crippen LogP contribution in [0.1, 0.15) is 30.4 Å². The van der Waals surface area contributed by atoms with E-state index in [0.717, 1.165) is 29.0 Å². The number of rotatable bonds is 7. The highest BCUT2D eigenvalue weighted by Gasteiger charge is 2.15. The third kappa shape index (κ3) is 4.10. The lowest BCUT2D eigenvalue weighted by Gasteiger charge is -2.12. The maximum absolute atomic E-state index is 12.3. The molecule has 2 aromatic rings. The monoisotopic (exact) mass is 298 g/mol. The van der Waals surface area contributed by atoms with Gasteiger partial charge in [0.25, 0.3) is 0 Å². The van der Waals surface area contributed by atoms with Crippen molar-refractivity contribution in [1.82, 2.24) is 0 Å². The summed E-state index contributed by atoms with van der Waals surface area (Å²) in [5.74, 6) is 1.80. The van der Waals surface area contributed by atoms with Crippen LogP contribution in [-0.4, -0.2) is 20.0 Å². The number of hydrogen-bond donors (Lipinski definition) is 0. The molecule has 2 aromatic carbocycles. The maximum Gasteiger partial charge on any atom is 0.140 e. The van der Waals surface area contributed by atoms with Crippen molar-refractivity contribution < 1.29 is 14.3 Å². The number of carbonyl (C=O) groups excluding carboxylic acids is 1. The Kier molecular flexibility index (Phi) is 5.59. The number of methoxy groups -OCH3 is 2. The fourth-order valence-electron chi connectivity index (χ4n) is 2.35. The SMILES string of the molecule is COc1ccc(CCC(=O)C(C)c2ccc(OC)cc2)cc1. The van der Waals surface area contributed by atoms with Crippen LogP contribution >= 0.6 is 0 Å². The van der Waals surface area contributed by atoms with E-state index in [9.17, 15) is 4.79 Å². The summed E-state index contributed by atoms with van der Waals surface area (Å²) in [4.78, 5) is 12.3. The van der Waals surface area contributed by atoms with Crippen molar-refractivity contribution in [1.29, 1.82) is 0 Å². The Morgan fingerprint density at radius 3 is 1.91 bits per heavy atom. The molecule has 0 amide bonds. The molecular formula is C19H22O3. The highest BCUT2D eigenvalue weighted by Crippen LogP contribution is 2.22. The van der Waals surface area contributed by atoms with Gasteiger partial charge in [-0.05, 0) is 41.8 Å². The molecular weight excluding hydrogens is 276 g/mol. The van der Waals surface area contributed by atoms with E-state index in [1.165, 1.54) is 0 Å². The molecule has 0 heterocycles. The molecule has 0 spiro atoms. The van der Waals surface area contributed by atoms with E-state index in [0.29, 0.717) is 6.42 Å². The highest BCUT2D eigenvalue weighted by molar-refractivity contribution is 5.85. The standard InChI is InChI=1S/C19H22O3/c1-14(16-7-11-18(22-3)12-8-16)19(20)13-6-15-4-9-17(21-2)10-5-15/h4-5,7-12,14H,6,13H2,1-3H3. The zero-order chi connectivity index (χ0) is 15.9. The Morgan fingerprint density at radius 1 is 0.909 bits per heavy atom. The second-order valence-corrected chi connectivity index (χ2v) is 5.31. The molecule has 0 aliphatic rings. The summed E-state index contributed by atoms with van der Waals surface area (Å²) in [6.45, 7) is 1.96. The predicted molar refractivity (Wildman–Crippen MR) is 87.7 cm³/mol. The summed E-state index contributed by atoms with van der Waals surface area (Å²) < 4.78 is 10.3. The van der Waals surface area contributed by atoms with E-state index in [1.54, 1.807) is 14.2 Å². The van der Waals surface area contributed by atoms with Gasteiger partial charge in [0.15, 0.2) is 0 Å². The Balaban J connectivity index is 1.92. The van der Waals surface area contributed by atoms with Crippen molar-refractivity contribution in [3.8, 4) is 11.5 Å². The van der Waals surface area contributed by atoms with Crippen molar-refractivity contribution in [2.75, 3.05) is 14.2 Å². The van der Waals surface area contributed by atoms with Crippen LogP contribution in [0.3, 0.4) is 0 Å². The topological polar surface area (TPSA) is 35.5 Å². The van der Waals surface area contributed by atoms with Gasteiger partial charge in [0.2, 0.25) is 0 Å². The first-order chi connectivity index (χ1) is 10.6. The van der Waals surface area contributed by atoms with Gasteiger partial charge in [0.1, 0.15) is 17.3 Å². The predicted octanol–water partition coefficient (Wildman–Crippen LogP) is 4.01. The van der Waals surface area contributed by atoms with Gasteiger partial charge in [-0.25, -0.2) is 0 Å². The first-order valence-electron chi connectivity index (χ1n) is 7.43. The van der Waals surface area contributed by atoms with Crippen LogP contribution in [-0.2, 0) is 11.2 Å². The molecule has 1 atom stereocenters. The summed E-state index contributed by atoms with van der Waals surface area (Å²) >= 11 is 0. The second-order valence-electron chi connectivity index (χ2n) is 5.31. The summed E-state index contributed by atoms with van der Waals surface area (Å²) in [5.41, 5.74) is 2.18. The van der Waals surface area contributed by atoms with Crippen molar-refractivity contribution in [2.24, 2.45) is 0 Å². The van der Waals surface area contributed by atoms with Crippen molar-refractivity contribution in [3.05, 3.63) is 59.7 Å².